The first-order chi connectivity index (χ1) is 8.74. The van der Waals surface area contributed by atoms with E-state index in [1.54, 1.807) is 0 Å². The first kappa shape index (κ1) is 13.5. The Balaban J connectivity index is 2.08. The Hall–Kier alpha value is -0.930. The lowest BCUT2D eigenvalue weighted by Gasteiger charge is -2.35. The maximum atomic E-state index is 11.4. The van der Waals surface area contributed by atoms with Gasteiger partial charge in [0.25, 0.3) is 0 Å². The van der Waals surface area contributed by atoms with Crippen molar-refractivity contribution in [3.63, 3.8) is 0 Å². The summed E-state index contributed by atoms with van der Waals surface area (Å²) in [6.45, 7) is 0. The summed E-state index contributed by atoms with van der Waals surface area (Å²) >= 11 is 0. The Morgan fingerprint density at radius 1 is 1.00 bits per heavy atom. The predicted molar refractivity (Wildman–Crippen MR) is 68.9 cm³/mol. The van der Waals surface area contributed by atoms with E-state index in [0.29, 0.717) is 12.3 Å². The standard InChI is InChI=1S/C14H23NO3/c16-10-13(11-6-2-1-3-7-11)12-8-4-5-9-14(12)15(17)18/h10-14H,1-9H2/t12-,13-,14-/m0/s1. The van der Waals surface area contributed by atoms with Crippen molar-refractivity contribution < 1.29 is 9.72 Å². The van der Waals surface area contributed by atoms with E-state index in [0.717, 1.165) is 38.4 Å². The number of rotatable bonds is 4. The number of aldehydes is 1. The van der Waals surface area contributed by atoms with Crippen molar-refractivity contribution in [2.24, 2.45) is 17.8 Å². The van der Waals surface area contributed by atoms with Crippen LogP contribution in [-0.2, 0) is 4.79 Å². The van der Waals surface area contributed by atoms with Crippen LogP contribution in [-0.4, -0.2) is 17.3 Å². The minimum atomic E-state index is -0.476. The van der Waals surface area contributed by atoms with E-state index in [-0.39, 0.29) is 16.8 Å². The number of nitrogens with zero attached hydrogens (tertiary/aromatic N) is 1. The van der Waals surface area contributed by atoms with E-state index < -0.39 is 6.04 Å². The molecule has 0 aromatic rings. The topological polar surface area (TPSA) is 60.2 Å². The van der Waals surface area contributed by atoms with E-state index in [4.69, 9.17) is 0 Å². The highest BCUT2D eigenvalue weighted by Crippen LogP contribution is 2.39. The molecule has 4 nitrogen and oxygen atoms in total. The molecular weight excluding hydrogens is 230 g/mol. The number of carbonyl (C=O) groups is 1. The summed E-state index contributed by atoms with van der Waals surface area (Å²) in [6, 6.07) is -0.476. The van der Waals surface area contributed by atoms with Gasteiger partial charge in [-0.1, -0.05) is 25.7 Å². The molecule has 2 saturated carbocycles. The van der Waals surface area contributed by atoms with Crippen LogP contribution >= 0.6 is 0 Å². The molecule has 0 saturated heterocycles. The monoisotopic (exact) mass is 253 g/mol. The number of hydrogen-bond acceptors (Lipinski definition) is 3. The van der Waals surface area contributed by atoms with Crippen LogP contribution in [0, 0.1) is 27.9 Å². The SMILES string of the molecule is O=C[C@@H](C1CCCCC1)[C@@H]1CCCC[C@@H]1[N+](=O)[O-]. The summed E-state index contributed by atoms with van der Waals surface area (Å²) in [5.74, 6) is 0.331. The highest BCUT2D eigenvalue weighted by Gasteiger charge is 2.42. The Morgan fingerprint density at radius 3 is 2.22 bits per heavy atom. The summed E-state index contributed by atoms with van der Waals surface area (Å²) < 4.78 is 0. The third-order valence-electron chi connectivity index (χ3n) is 4.90. The molecule has 0 unspecified atom stereocenters. The molecule has 2 aliphatic carbocycles. The van der Waals surface area contributed by atoms with Gasteiger partial charge in [-0.05, 0) is 31.6 Å². The average molecular weight is 253 g/mol. The highest BCUT2D eigenvalue weighted by atomic mass is 16.6. The molecule has 0 aromatic heterocycles. The molecule has 0 amide bonds. The minimum absolute atomic E-state index is 0.00523. The van der Waals surface area contributed by atoms with Gasteiger partial charge in [0.05, 0.1) is 0 Å². The van der Waals surface area contributed by atoms with Gasteiger partial charge in [0.2, 0.25) is 6.04 Å². The number of hydrogen-bond donors (Lipinski definition) is 0. The molecule has 0 spiro atoms. The van der Waals surface area contributed by atoms with Gasteiger partial charge in [-0.3, -0.25) is 10.1 Å². The highest BCUT2D eigenvalue weighted by molar-refractivity contribution is 5.55. The molecule has 2 fully saturated rings. The second-order valence-electron chi connectivity index (χ2n) is 5.91. The van der Waals surface area contributed by atoms with Crippen molar-refractivity contribution in [2.45, 2.75) is 63.8 Å². The summed E-state index contributed by atoms with van der Waals surface area (Å²) in [6.07, 6.45) is 10.4. The van der Waals surface area contributed by atoms with E-state index in [1.807, 2.05) is 0 Å². The summed E-state index contributed by atoms with van der Waals surface area (Å²) in [5, 5.41) is 11.2. The molecule has 0 aromatic carbocycles. The first-order valence-corrected chi connectivity index (χ1v) is 7.33. The Kier molecular flexibility index (Phi) is 4.72. The lowest BCUT2D eigenvalue weighted by molar-refractivity contribution is -0.537. The normalized spacial score (nSPS) is 31.8. The lowest BCUT2D eigenvalue weighted by atomic mass is 9.68. The van der Waals surface area contributed by atoms with E-state index in [1.165, 1.54) is 19.3 Å². The Labute approximate surface area is 108 Å². The van der Waals surface area contributed by atoms with Gasteiger partial charge in [-0.25, -0.2) is 0 Å². The van der Waals surface area contributed by atoms with Gasteiger partial charge in [0.15, 0.2) is 0 Å². The molecule has 0 aliphatic heterocycles. The van der Waals surface area contributed by atoms with Crippen molar-refractivity contribution in [3.8, 4) is 0 Å². The third kappa shape index (κ3) is 2.90. The molecule has 4 heteroatoms. The Bertz CT molecular complexity index is 299. The van der Waals surface area contributed by atoms with Crippen molar-refractivity contribution in [2.75, 3.05) is 0 Å². The van der Waals surface area contributed by atoms with Gasteiger partial charge < -0.3 is 4.79 Å². The molecule has 3 atom stereocenters. The van der Waals surface area contributed by atoms with Gasteiger partial charge in [0, 0.05) is 23.2 Å². The fraction of sp³-hybridized carbons (Fsp3) is 0.929. The molecule has 0 bridgehead atoms. The molecule has 0 N–H and O–H groups in total. The Morgan fingerprint density at radius 2 is 1.61 bits per heavy atom. The van der Waals surface area contributed by atoms with Crippen molar-refractivity contribution in [1.29, 1.82) is 0 Å². The maximum absolute atomic E-state index is 11.4. The summed E-state index contributed by atoms with van der Waals surface area (Å²) in [7, 11) is 0. The van der Waals surface area contributed by atoms with Crippen LogP contribution in [0.25, 0.3) is 0 Å². The molecule has 0 radical (unpaired) electrons. The quantitative estimate of drug-likeness (QED) is 0.439. The van der Waals surface area contributed by atoms with E-state index >= 15 is 0 Å². The fourth-order valence-corrected chi connectivity index (χ4v) is 3.93. The predicted octanol–water partition coefficient (Wildman–Crippen LogP) is 3.22. The second kappa shape index (κ2) is 6.30. The van der Waals surface area contributed by atoms with Crippen LogP contribution in [0.15, 0.2) is 0 Å². The van der Waals surface area contributed by atoms with Gasteiger partial charge in [-0.15, -0.1) is 0 Å². The van der Waals surface area contributed by atoms with Crippen LogP contribution < -0.4 is 0 Å². The zero-order chi connectivity index (χ0) is 13.0. The summed E-state index contributed by atoms with van der Waals surface area (Å²) in [4.78, 5) is 22.5. The van der Waals surface area contributed by atoms with Crippen LogP contribution in [0.1, 0.15) is 57.8 Å². The van der Waals surface area contributed by atoms with Gasteiger partial charge in [0.1, 0.15) is 6.29 Å². The van der Waals surface area contributed by atoms with E-state index in [9.17, 15) is 14.9 Å². The zero-order valence-corrected chi connectivity index (χ0v) is 10.9. The average Bonchev–Trinajstić information content (AvgIpc) is 2.41. The second-order valence-corrected chi connectivity index (χ2v) is 5.91. The molecule has 102 valence electrons. The number of carbonyl (C=O) groups excluding carboxylic acids is 1. The van der Waals surface area contributed by atoms with Gasteiger partial charge in [-0.2, -0.15) is 0 Å². The number of nitro groups is 1. The van der Waals surface area contributed by atoms with Crippen LogP contribution in [0.5, 0.6) is 0 Å². The lowest BCUT2D eigenvalue weighted by Crippen LogP contribution is -2.40. The smallest absolute Gasteiger partial charge is 0.216 e. The van der Waals surface area contributed by atoms with Crippen LogP contribution in [0.4, 0.5) is 0 Å². The van der Waals surface area contributed by atoms with Crippen LogP contribution in [0.2, 0.25) is 0 Å². The third-order valence-corrected chi connectivity index (χ3v) is 4.90. The molecule has 2 aliphatic rings. The minimum Gasteiger partial charge on any atom is -0.303 e. The first-order valence-electron chi connectivity index (χ1n) is 7.33. The fourth-order valence-electron chi connectivity index (χ4n) is 3.93. The van der Waals surface area contributed by atoms with Gasteiger partial charge >= 0.3 is 0 Å². The zero-order valence-electron chi connectivity index (χ0n) is 10.9. The van der Waals surface area contributed by atoms with Crippen molar-refractivity contribution >= 4 is 6.29 Å². The molecule has 0 heterocycles. The maximum Gasteiger partial charge on any atom is 0.216 e. The molecule has 2 rings (SSSR count). The van der Waals surface area contributed by atoms with Crippen molar-refractivity contribution in [1.82, 2.24) is 0 Å². The molecular formula is C14H23NO3. The van der Waals surface area contributed by atoms with Crippen LogP contribution in [0.3, 0.4) is 0 Å². The van der Waals surface area contributed by atoms with E-state index in [2.05, 4.69) is 0 Å². The molecule has 18 heavy (non-hydrogen) atoms. The largest absolute Gasteiger partial charge is 0.303 e. The van der Waals surface area contributed by atoms with Crippen molar-refractivity contribution in [3.05, 3.63) is 10.1 Å². The summed E-state index contributed by atoms with van der Waals surface area (Å²) in [5.41, 5.74) is 0.